The van der Waals surface area contributed by atoms with E-state index in [-0.39, 0.29) is 0 Å². The second-order valence-electron chi connectivity index (χ2n) is 8.09. The normalized spacial score (nSPS) is 11.7. The molecule has 2 heterocycles. The molecule has 2 aromatic heterocycles. The van der Waals surface area contributed by atoms with Gasteiger partial charge in [0.15, 0.2) is 0 Å². The number of aromatic nitrogens is 3. The van der Waals surface area contributed by atoms with Crippen LogP contribution in [0.3, 0.4) is 0 Å². The Morgan fingerprint density at radius 2 is 1.91 bits per heavy atom. The highest BCUT2D eigenvalue weighted by molar-refractivity contribution is 6.30. The highest BCUT2D eigenvalue weighted by Crippen LogP contribution is 2.34. The summed E-state index contributed by atoms with van der Waals surface area (Å²) < 4.78 is 1.66. The number of benzene rings is 1. The van der Waals surface area contributed by atoms with E-state index in [1.807, 2.05) is 30.5 Å². The molecule has 0 amide bonds. The number of carboxylic acids is 2. The van der Waals surface area contributed by atoms with Gasteiger partial charge in [-0.2, -0.15) is 5.10 Å². The van der Waals surface area contributed by atoms with Gasteiger partial charge in [0.05, 0.1) is 5.69 Å². The summed E-state index contributed by atoms with van der Waals surface area (Å²) in [6.07, 6.45) is 7.92. The van der Waals surface area contributed by atoms with Gasteiger partial charge in [-0.25, -0.2) is 4.79 Å². The van der Waals surface area contributed by atoms with Gasteiger partial charge in [0, 0.05) is 42.0 Å². The van der Waals surface area contributed by atoms with Crippen LogP contribution in [0.1, 0.15) is 46.9 Å². The van der Waals surface area contributed by atoms with Crippen LogP contribution in [0, 0.1) is 0 Å². The Morgan fingerprint density at radius 1 is 1.15 bits per heavy atom. The van der Waals surface area contributed by atoms with Crippen molar-refractivity contribution < 1.29 is 19.8 Å². The Bertz CT molecular complexity index is 1140. The summed E-state index contributed by atoms with van der Waals surface area (Å²) >= 11 is 6.02. The molecule has 0 aliphatic heterocycles. The van der Waals surface area contributed by atoms with Crippen molar-refractivity contribution in [2.75, 3.05) is 13.1 Å². The SMILES string of the molecule is CC(=O)O.O=C(O)c1c2c(nn1CCCNCCCc1cccc(Cl)c1)-c1ccncc1CC2. The number of aliphatic carboxylic acids is 1. The summed E-state index contributed by atoms with van der Waals surface area (Å²) in [5.74, 6) is -1.74. The summed E-state index contributed by atoms with van der Waals surface area (Å²) in [4.78, 5) is 25.1. The lowest BCUT2D eigenvalue weighted by atomic mass is 9.90. The molecular weight excluding hydrogens is 456 g/mol. The number of fused-ring (bicyclic) bond motifs is 3. The Balaban J connectivity index is 0.000000751. The summed E-state index contributed by atoms with van der Waals surface area (Å²) in [6.45, 7) is 3.39. The molecule has 0 fully saturated rings. The summed E-state index contributed by atoms with van der Waals surface area (Å²) in [7, 11) is 0. The van der Waals surface area contributed by atoms with Crippen LogP contribution in [0.4, 0.5) is 0 Å². The zero-order valence-corrected chi connectivity index (χ0v) is 19.9. The minimum atomic E-state index is -0.907. The first-order chi connectivity index (χ1) is 16.4. The molecule has 1 aromatic carbocycles. The number of pyridine rings is 1. The molecule has 180 valence electrons. The van der Waals surface area contributed by atoms with Crippen molar-refractivity contribution in [1.29, 1.82) is 0 Å². The number of rotatable bonds is 9. The highest BCUT2D eigenvalue weighted by Gasteiger charge is 2.27. The number of nitrogens with zero attached hydrogens (tertiary/aromatic N) is 3. The molecular formula is C25H29ClN4O4. The first-order valence-electron chi connectivity index (χ1n) is 11.3. The number of halogens is 1. The molecule has 4 rings (SSSR count). The molecule has 0 saturated carbocycles. The molecule has 9 heteroatoms. The van der Waals surface area contributed by atoms with Gasteiger partial charge in [0.2, 0.25) is 0 Å². The first kappa shape index (κ1) is 25.4. The van der Waals surface area contributed by atoms with Gasteiger partial charge in [0.25, 0.3) is 5.97 Å². The molecule has 0 saturated heterocycles. The lowest BCUT2D eigenvalue weighted by Crippen LogP contribution is -2.20. The third-order valence-electron chi connectivity index (χ3n) is 5.49. The van der Waals surface area contributed by atoms with Crippen LogP contribution in [0.25, 0.3) is 11.3 Å². The maximum absolute atomic E-state index is 11.9. The fourth-order valence-electron chi connectivity index (χ4n) is 4.06. The number of hydrogen-bond acceptors (Lipinski definition) is 5. The number of aryl methyl sites for hydroxylation is 3. The molecule has 0 atom stereocenters. The molecule has 34 heavy (non-hydrogen) atoms. The second kappa shape index (κ2) is 12.3. The number of aromatic carboxylic acids is 1. The molecule has 1 aliphatic carbocycles. The van der Waals surface area contributed by atoms with Gasteiger partial charge in [-0.05, 0) is 74.5 Å². The molecule has 1 aliphatic rings. The zero-order valence-electron chi connectivity index (χ0n) is 19.1. The van der Waals surface area contributed by atoms with Gasteiger partial charge in [0.1, 0.15) is 5.69 Å². The van der Waals surface area contributed by atoms with E-state index in [1.165, 1.54) is 5.56 Å². The minimum Gasteiger partial charge on any atom is -0.481 e. The summed E-state index contributed by atoms with van der Waals surface area (Å²) in [5, 5.41) is 26.1. The van der Waals surface area contributed by atoms with Crippen molar-refractivity contribution in [3.05, 3.63) is 70.1 Å². The monoisotopic (exact) mass is 484 g/mol. The fraction of sp³-hybridized carbons (Fsp3) is 0.360. The number of hydrogen-bond donors (Lipinski definition) is 3. The quantitative estimate of drug-likeness (QED) is 0.391. The Labute approximate surface area is 203 Å². The summed E-state index contributed by atoms with van der Waals surface area (Å²) in [6, 6.07) is 9.88. The molecule has 0 radical (unpaired) electrons. The van der Waals surface area contributed by atoms with E-state index < -0.39 is 11.9 Å². The second-order valence-corrected chi connectivity index (χ2v) is 8.53. The van der Waals surface area contributed by atoms with Crippen LogP contribution < -0.4 is 5.32 Å². The van der Waals surface area contributed by atoms with Crippen LogP contribution >= 0.6 is 11.6 Å². The van der Waals surface area contributed by atoms with Gasteiger partial charge in [-0.1, -0.05) is 23.7 Å². The predicted molar refractivity (Wildman–Crippen MR) is 130 cm³/mol. The Hall–Kier alpha value is -3.23. The smallest absolute Gasteiger partial charge is 0.354 e. The Morgan fingerprint density at radius 3 is 2.65 bits per heavy atom. The number of nitrogens with one attached hydrogen (secondary N) is 1. The van der Waals surface area contributed by atoms with Crippen LogP contribution in [-0.2, 0) is 30.6 Å². The maximum atomic E-state index is 11.9. The standard InChI is InChI=1S/C23H25ClN4O2.C2H4O2/c24-18-6-1-4-16(14-18)5-2-10-25-11-3-13-28-22(23(29)30)20-8-7-17-15-26-12-9-19(17)21(20)27-28;1-2(3)4/h1,4,6,9,12,14-15,25H,2-3,5,7-8,10-11,13H2,(H,29,30);1H3,(H,3,4). The molecule has 3 aromatic rings. The van der Waals surface area contributed by atoms with Gasteiger partial charge in [-0.15, -0.1) is 0 Å². The molecule has 0 bridgehead atoms. The third-order valence-corrected chi connectivity index (χ3v) is 5.72. The van der Waals surface area contributed by atoms with Crippen molar-refractivity contribution in [2.45, 2.75) is 45.6 Å². The molecule has 3 N–H and O–H groups in total. The first-order valence-corrected chi connectivity index (χ1v) is 11.7. The van der Waals surface area contributed by atoms with E-state index in [4.69, 9.17) is 21.5 Å². The van der Waals surface area contributed by atoms with E-state index in [9.17, 15) is 9.90 Å². The lowest BCUT2D eigenvalue weighted by Gasteiger charge is -2.14. The van der Waals surface area contributed by atoms with Crippen molar-refractivity contribution in [3.63, 3.8) is 0 Å². The van der Waals surface area contributed by atoms with E-state index >= 15 is 0 Å². The maximum Gasteiger partial charge on any atom is 0.354 e. The third kappa shape index (κ3) is 6.88. The fourth-order valence-corrected chi connectivity index (χ4v) is 4.27. The van der Waals surface area contributed by atoms with Crippen molar-refractivity contribution in [1.82, 2.24) is 20.1 Å². The zero-order chi connectivity index (χ0) is 24.5. The molecule has 0 unspecified atom stereocenters. The number of carboxylic acid groups (broad SMARTS) is 2. The van der Waals surface area contributed by atoms with Crippen molar-refractivity contribution in [2.24, 2.45) is 0 Å². The largest absolute Gasteiger partial charge is 0.481 e. The predicted octanol–water partition coefficient (Wildman–Crippen LogP) is 4.10. The average Bonchev–Trinajstić information content (AvgIpc) is 3.17. The lowest BCUT2D eigenvalue weighted by molar-refractivity contribution is -0.134. The van der Waals surface area contributed by atoms with E-state index in [2.05, 4.69) is 21.5 Å². The van der Waals surface area contributed by atoms with E-state index in [0.29, 0.717) is 18.7 Å². The van der Waals surface area contributed by atoms with Crippen molar-refractivity contribution >= 4 is 23.5 Å². The van der Waals surface area contributed by atoms with E-state index in [1.54, 1.807) is 10.9 Å². The summed E-state index contributed by atoms with van der Waals surface area (Å²) in [5.41, 5.74) is 5.35. The van der Waals surface area contributed by atoms with Gasteiger partial charge >= 0.3 is 5.97 Å². The van der Waals surface area contributed by atoms with Crippen LogP contribution in [0.15, 0.2) is 42.7 Å². The molecule has 0 spiro atoms. The van der Waals surface area contributed by atoms with Crippen LogP contribution in [0.5, 0.6) is 0 Å². The highest BCUT2D eigenvalue weighted by atomic mass is 35.5. The topological polar surface area (TPSA) is 117 Å². The minimum absolute atomic E-state index is 0.327. The van der Waals surface area contributed by atoms with Crippen LogP contribution in [0.2, 0.25) is 5.02 Å². The van der Waals surface area contributed by atoms with E-state index in [0.717, 1.165) is 73.1 Å². The molecule has 8 nitrogen and oxygen atoms in total. The van der Waals surface area contributed by atoms with Crippen molar-refractivity contribution in [3.8, 4) is 11.3 Å². The van der Waals surface area contributed by atoms with Crippen LogP contribution in [-0.4, -0.2) is 50.0 Å². The Kier molecular flexibility index (Phi) is 9.18. The van der Waals surface area contributed by atoms with Gasteiger partial charge in [-0.3, -0.25) is 14.5 Å². The number of carbonyl (C=O) groups is 2. The average molecular weight is 485 g/mol. The van der Waals surface area contributed by atoms with Gasteiger partial charge < -0.3 is 15.5 Å².